The van der Waals surface area contributed by atoms with E-state index in [1.165, 1.54) is 0 Å². The lowest BCUT2D eigenvalue weighted by atomic mass is 10.1. The van der Waals surface area contributed by atoms with Crippen molar-refractivity contribution in [2.75, 3.05) is 11.9 Å². The summed E-state index contributed by atoms with van der Waals surface area (Å²) in [4.78, 5) is 10.5. The molecule has 2 aromatic carbocycles. The Labute approximate surface area is 130 Å². The van der Waals surface area contributed by atoms with Crippen molar-refractivity contribution in [3.8, 4) is 0 Å². The minimum absolute atomic E-state index is 0.198. The molecule has 0 aliphatic carbocycles. The summed E-state index contributed by atoms with van der Waals surface area (Å²) in [6.45, 7) is 0.447. The molecule has 22 heavy (non-hydrogen) atoms. The molecule has 0 saturated heterocycles. The van der Waals surface area contributed by atoms with Gasteiger partial charge in [-0.2, -0.15) is 0 Å². The fraction of sp³-hybridized carbons (Fsp3) is 0.278. The number of carboxylic acid groups (broad SMARTS) is 1. The lowest BCUT2D eigenvalue weighted by molar-refractivity contribution is -0.137. The summed E-state index contributed by atoms with van der Waals surface area (Å²) in [6.07, 6.45) is 1.06. The summed E-state index contributed by atoms with van der Waals surface area (Å²) in [6, 6.07) is 17.4. The Morgan fingerprint density at radius 3 is 2.36 bits per heavy atom. The standard InChI is InChI=1S/C18H21NO3/c20-17(15-6-2-1-3-7-15)13-19-16-11-9-14(10-12-16)5-4-8-18(21)22/h1-3,6-7,9-12,17,19-20H,4-5,8,13H2,(H,21,22). The molecule has 0 heterocycles. The second-order valence-corrected chi connectivity index (χ2v) is 5.25. The van der Waals surface area contributed by atoms with E-state index >= 15 is 0 Å². The number of aliphatic carboxylic acids is 1. The van der Waals surface area contributed by atoms with E-state index in [9.17, 15) is 9.90 Å². The van der Waals surface area contributed by atoms with Crippen molar-refractivity contribution in [3.63, 3.8) is 0 Å². The van der Waals surface area contributed by atoms with Gasteiger partial charge in [0.1, 0.15) is 0 Å². The van der Waals surface area contributed by atoms with Crippen molar-refractivity contribution in [1.29, 1.82) is 0 Å². The van der Waals surface area contributed by atoms with Crippen LogP contribution in [0.1, 0.15) is 30.1 Å². The van der Waals surface area contributed by atoms with Gasteiger partial charge >= 0.3 is 5.97 Å². The first kappa shape index (κ1) is 16.0. The molecule has 0 radical (unpaired) electrons. The maximum absolute atomic E-state index is 10.5. The summed E-state index contributed by atoms with van der Waals surface area (Å²) in [5.74, 6) is -0.756. The molecule has 0 amide bonds. The molecule has 4 heteroatoms. The lowest BCUT2D eigenvalue weighted by Gasteiger charge is -2.13. The third-order valence-corrected chi connectivity index (χ3v) is 3.49. The van der Waals surface area contributed by atoms with Gasteiger partial charge in [-0.15, -0.1) is 0 Å². The van der Waals surface area contributed by atoms with Gasteiger partial charge < -0.3 is 15.5 Å². The Balaban J connectivity index is 1.80. The molecule has 1 atom stereocenters. The number of anilines is 1. The Morgan fingerprint density at radius 1 is 1.05 bits per heavy atom. The molecule has 3 N–H and O–H groups in total. The number of carbonyl (C=O) groups is 1. The number of aliphatic hydroxyl groups excluding tert-OH is 1. The summed E-state index contributed by atoms with van der Waals surface area (Å²) >= 11 is 0. The van der Waals surface area contributed by atoms with Gasteiger partial charge in [-0.1, -0.05) is 42.5 Å². The zero-order valence-corrected chi connectivity index (χ0v) is 12.4. The number of aryl methyl sites for hydroxylation is 1. The van der Waals surface area contributed by atoms with E-state index in [0.29, 0.717) is 13.0 Å². The smallest absolute Gasteiger partial charge is 0.303 e. The molecule has 0 aromatic heterocycles. The van der Waals surface area contributed by atoms with Crippen LogP contribution in [0.2, 0.25) is 0 Å². The molecule has 0 fully saturated rings. The molecule has 2 rings (SSSR count). The van der Waals surface area contributed by atoms with Gasteiger partial charge in [0.25, 0.3) is 0 Å². The Morgan fingerprint density at radius 2 is 1.73 bits per heavy atom. The topological polar surface area (TPSA) is 69.6 Å². The van der Waals surface area contributed by atoms with E-state index in [0.717, 1.165) is 23.2 Å². The van der Waals surface area contributed by atoms with Gasteiger partial charge in [-0.25, -0.2) is 0 Å². The van der Waals surface area contributed by atoms with E-state index in [-0.39, 0.29) is 6.42 Å². The molecule has 1 unspecified atom stereocenters. The van der Waals surface area contributed by atoms with Crippen LogP contribution in [0.4, 0.5) is 5.69 Å². The normalized spacial score (nSPS) is 11.9. The minimum Gasteiger partial charge on any atom is -0.481 e. The van der Waals surface area contributed by atoms with Gasteiger partial charge in [0.15, 0.2) is 0 Å². The van der Waals surface area contributed by atoms with E-state index in [2.05, 4.69) is 5.32 Å². The monoisotopic (exact) mass is 299 g/mol. The van der Waals surface area contributed by atoms with Crippen LogP contribution < -0.4 is 5.32 Å². The van der Waals surface area contributed by atoms with Crippen LogP contribution in [0.5, 0.6) is 0 Å². The average Bonchev–Trinajstić information content (AvgIpc) is 2.54. The Hall–Kier alpha value is -2.33. The van der Waals surface area contributed by atoms with Crippen LogP contribution in [0.3, 0.4) is 0 Å². The molecule has 0 bridgehead atoms. The SMILES string of the molecule is O=C(O)CCCc1ccc(NCC(O)c2ccccc2)cc1. The number of carboxylic acids is 1. The maximum atomic E-state index is 10.5. The number of aliphatic hydroxyl groups is 1. The highest BCUT2D eigenvalue weighted by atomic mass is 16.4. The minimum atomic E-state index is -0.756. The number of hydrogen-bond acceptors (Lipinski definition) is 3. The highest BCUT2D eigenvalue weighted by molar-refractivity contribution is 5.66. The highest BCUT2D eigenvalue weighted by Gasteiger charge is 2.06. The van der Waals surface area contributed by atoms with E-state index in [4.69, 9.17) is 5.11 Å². The number of benzene rings is 2. The summed E-state index contributed by atoms with van der Waals surface area (Å²) in [5.41, 5.74) is 2.95. The van der Waals surface area contributed by atoms with Crippen LogP contribution in [-0.4, -0.2) is 22.7 Å². The van der Waals surface area contributed by atoms with E-state index in [1.54, 1.807) is 0 Å². The second-order valence-electron chi connectivity index (χ2n) is 5.25. The lowest BCUT2D eigenvalue weighted by Crippen LogP contribution is -2.11. The summed E-state index contributed by atoms with van der Waals surface area (Å²) in [7, 11) is 0. The van der Waals surface area contributed by atoms with Crippen molar-refractivity contribution < 1.29 is 15.0 Å². The van der Waals surface area contributed by atoms with Gasteiger partial charge in [0, 0.05) is 18.7 Å². The molecule has 0 aliphatic heterocycles. The van der Waals surface area contributed by atoms with Crippen molar-refractivity contribution >= 4 is 11.7 Å². The molecule has 0 spiro atoms. The maximum Gasteiger partial charge on any atom is 0.303 e. The molecule has 2 aromatic rings. The van der Waals surface area contributed by atoms with Gasteiger partial charge in [-0.05, 0) is 36.1 Å². The first-order valence-corrected chi connectivity index (χ1v) is 7.43. The summed E-state index contributed by atoms with van der Waals surface area (Å²) < 4.78 is 0. The fourth-order valence-corrected chi connectivity index (χ4v) is 2.24. The molecule has 4 nitrogen and oxygen atoms in total. The number of nitrogens with one attached hydrogen (secondary N) is 1. The summed E-state index contributed by atoms with van der Waals surface area (Å²) in [5, 5.41) is 21.9. The largest absolute Gasteiger partial charge is 0.481 e. The molecular formula is C18H21NO3. The average molecular weight is 299 g/mol. The van der Waals surface area contributed by atoms with Crippen LogP contribution in [0.15, 0.2) is 54.6 Å². The van der Waals surface area contributed by atoms with Crippen LogP contribution in [0, 0.1) is 0 Å². The molecule has 116 valence electrons. The zero-order valence-electron chi connectivity index (χ0n) is 12.4. The zero-order chi connectivity index (χ0) is 15.8. The van der Waals surface area contributed by atoms with Gasteiger partial charge in [0.05, 0.1) is 6.10 Å². The van der Waals surface area contributed by atoms with Gasteiger partial charge in [-0.3, -0.25) is 4.79 Å². The van der Waals surface area contributed by atoms with Crippen molar-refractivity contribution in [2.24, 2.45) is 0 Å². The van der Waals surface area contributed by atoms with E-state index < -0.39 is 12.1 Å². The third-order valence-electron chi connectivity index (χ3n) is 3.49. The second kappa shape index (κ2) is 8.20. The highest BCUT2D eigenvalue weighted by Crippen LogP contribution is 2.15. The number of hydrogen-bond donors (Lipinski definition) is 3. The Kier molecular flexibility index (Phi) is 5.98. The quantitative estimate of drug-likeness (QED) is 0.700. The van der Waals surface area contributed by atoms with Crippen LogP contribution in [0.25, 0.3) is 0 Å². The predicted octanol–water partition coefficient (Wildman–Crippen LogP) is 3.24. The fourth-order valence-electron chi connectivity index (χ4n) is 2.24. The first-order valence-electron chi connectivity index (χ1n) is 7.43. The first-order chi connectivity index (χ1) is 10.6. The molecule has 0 aliphatic rings. The number of rotatable bonds is 8. The molecular weight excluding hydrogens is 278 g/mol. The Bertz CT molecular complexity index is 581. The van der Waals surface area contributed by atoms with Crippen molar-refractivity contribution in [2.45, 2.75) is 25.4 Å². The van der Waals surface area contributed by atoms with E-state index in [1.807, 2.05) is 54.6 Å². The van der Waals surface area contributed by atoms with Crippen LogP contribution >= 0.6 is 0 Å². The molecule has 0 saturated carbocycles. The van der Waals surface area contributed by atoms with Crippen molar-refractivity contribution in [1.82, 2.24) is 0 Å². The van der Waals surface area contributed by atoms with Gasteiger partial charge in [0.2, 0.25) is 0 Å². The third kappa shape index (κ3) is 5.22. The predicted molar refractivity (Wildman–Crippen MR) is 86.9 cm³/mol. The van der Waals surface area contributed by atoms with Crippen LogP contribution in [-0.2, 0) is 11.2 Å². The van der Waals surface area contributed by atoms with Crippen molar-refractivity contribution in [3.05, 3.63) is 65.7 Å².